The summed E-state index contributed by atoms with van der Waals surface area (Å²) in [6.45, 7) is 5.24. The van der Waals surface area contributed by atoms with E-state index in [2.05, 4.69) is 36.2 Å². The van der Waals surface area contributed by atoms with Crippen molar-refractivity contribution >= 4 is 5.96 Å². The van der Waals surface area contributed by atoms with Gasteiger partial charge in [0, 0.05) is 19.6 Å². The van der Waals surface area contributed by atoms with E-state index < -0.39 is 0 Å². The summed E-state index contributed by atoms with van der Waals surface area (Å²) < 4.78 is 0. The summed E-state index contributed by atoms with van der Waals surface area (Å²) in [4.78, 5) is 6.69. The molecule has 0 saturated heterocycles. The molecule has 2 bridgehead atoms. The van der Waals surface area contributed by atoms with Crippen LogP contribution >= 0.6 is 0 Å². The van der Waals surface area contributed by atoms with E-state index >= 15 is 0 Å². The minimum absolute atomic E-state index is 0.281. The molecule has 0 radical (unpaired) electrons. The van der Waals surface area contributed by atoms with Gasteiger partial charge in [-0.15, -0.1) is 0 Å². The Labute approximate surface area is 105 Å². The Morgan fingerprint density at radius 2 is 2.18 bits per heavy atom. The van der Waals surface area contributed by atoms with Crippen molar-refractivity contribution in [2.24, 2.45) is 28.6 Å². The minimum Gasteiger partial charge on any atom is -0.345 e. The van der Waals surface area contributed by atoms with Gasteiger partial charge in [0.2, 0.25) is 5.96 Å². The Hall–Kier alpha value is -0.770. The number of nitrogens with two attached hydrogens (primary N) is 1. The first-order valence-corrected chi connectivity index (χ1v) is 6.85. The maximum atomic E-state index is 5.55. The smallest absolute Gasteiger partial charge is 0.208 e. The highest BCUT2D eigenvalue weighted by Gasteiger charge is 2.39. The third-order valence-electron chi connectivity index (χ3n) is 4.26. The fraction of sp³-hybridized carbons (Fsp3) is 0.923. The molecule has 17 heavy (non-hydrogen) atoms. The van der Waals surface area contributed by atoms with Crippen LogP contribution in [-0.4, -0.2) is 30.5 Å². The van der Waals surface area contributed by atoms with E-state index in [9.17, 15) is 0 Å². The fourth-order valence-corrected chi connectivity index (χ4v) is 3.53. The topological polar surface area (TPSA) is 53.6 Å². The average molecular weight is 238 g/mol. The molecule has 4 nitrogen and oxygen atoms in total. The van der Waals surface area contributed by atoms with Crippen molar-refractivity contribution in [1.82, 2.24) is 10.3 Å². The minimum atomic E-state index is 0.281. The maximum absolute atomic E-state index is 5.55. The van der Waals surface area contributed by atoms with Gasteiger partial charge < -0.3 is 4.90 Å². The summed E-state index contributed by atoms with van der Waals surface area (Å²) in [6, 6.07) is 0.281. The van der Waals surface area contributed by atoms with E-state index in [0.717, 1.165) is 30.3 Å². The number of nitrogens with one attached hydrogen (secondary N) is 1. The predicted molar refractivity (Wildman–Crippen MR) is 71.5 cm³/mol. The van der Waals surface area contributed by atoms with Gasteiger partial charge in [0.15, 0.2) is 0 Å². The van der Waals surface area contributed by atoms with Gasteiger partial charge in [-0.25, -0.2) is 10.8 Å². The molecule has 2 saturated carbocycles. The van der Waals surface area contributed by atoms with Crippen molar-refractivity contribution in [1.29, 1.82) is 0 Å². The highest BCUT2D eigenvalue weighted by Crippen LogP contribution is 2.48. The third kappa shape index (κ3) is 2.92. The first kappa shape index (κ1) is 12.7. The van der Waals surface area contributed by atoms with Crippen LogP contribution in [0.5, 0.6) is 0 Å². The largest absolute Gasteiger partial charge is 0.345 e. The Kier molecular flexibility index (Phi) is 3.92. The van der Waals surface area contributed by atoms with Gasteiger partial charge in [-0.3, -0.25) is 5.43 Å². The maximum Gasteiger partial charge on any atom is 0.208 e. The molecular weight excluding hydrogens is 212 g/mol. The zero-order valence-corrected chi connectivity index (χ0v) is 11.3. The molecule has 2 aliphatic carbocycles. The van der Waals surface area contributed by atoms with E-state index in [1.54, 1.807) is 0 Å². The molecule has 3 atom stereocenters. The van der Waals surface area contributed by atoms with Gasteiger partial charge in [-0.05, 0) is 50.9 Å². The summed E-state index contributed by atoms with van der Waals surface area (Å²) in [5.74, 6) is 9.19. The first-order valence-electron chi connectivity index (χ1n) is 6.85. The zero-order chi connectivity index (χ0) is 12.4. The lowest BCUT2D eigenvalue weighted by molar-refractivity contribution is 0.272. The number of hydrazine groups is 1. The standard InChI is InChI=1S/C13H26N4/c1-9(2)15-13(16-14)17(3)8-12-7-10-4-5-11(12)6-10/h9-12H,4-8,14H2,1-3H3,(H,15,16). The monoisotopic (exact) mass is 238 g/mol. The molecular formula is C13H26N4. The second-order valence-electron chi connectivity index (χ2n) is 6.01. The van der Waals surface area contributed by atoms with Crippen molar-refractivity contribution in [2.75, 3.05) is 13.6 Å². The van der Waals surface area contributed by atoms with Crippen LogP contribution in [-0.2, 0) is 0 Å². The first-order chi connectivity index (χ1) is 8.10. The van der Waals surface area contributed by atoms with Gasteiger partial charge in [0.05, 0.1) is 0 Å². The van der Waals surface area contributed by atoms with Crippen molar-refractivity contribution < 1.29 is 0 Å². The second-order valence-corrected chi connectivity index (χ2v) is 6.01. The molecule has 0 aliphatic heterocycles. The van der Waals surface area contributed by atoms with E-state index in [1.807, 2.05) is 0 Å². The van der Waals surface area contributed by atoms with Gasteiger partial charge in [-0.1, -0.05) is 6.42 Å². The number of nitrogens with zero attached hydrogens (tertiary/aromatic N) is 2. The molecule has 0 aromatic heterocycles. The van der Waals surface area contributed by atoms with E-state index in [0.29, 0.717) is 0 Å². The fourth-order valence-electron chi connectivity index (χ4n) is 3.53. The molecule has 4 heteroatoms. The lowest BCUT2D eigenvalue weighted by Crippen LogP contribution is -2.45. The molecule has 0 aromatic rings. The molecule has 0 aromatic carbocycles. The normalized spacial score (nSPS) is 32.3. The Balaban J connectivity index is 1.89. The van der Waals surface area contributed by atoms with Crippen molar-refractivity contribution in [3.8, 4) is 0 Å². The number of fused-ring (bicyclic) bond motifs is 2. The molecule has 0 heterocycles. The van der Waals surface area contributed by atoms with Crippen molar-refractivity contribution in [3.05, 3.63) is 0 Å². The zero-order valence-electron chi connectivity index (χ0n) is 11.3. The van der Waals surface area contributed by atoms with Gasteiger partial charge in [-0.2, -0.15) is 0 Å². The lowest BCUT2D eigenvalue weighted by atomic mass is 9.88. The predicted octanol–water partition coefficient (Wildman–Crippen LogP) is 1.58. The number of aliphatic imine (C=N–C) groups is 1. The van der Waals surface area contributed by atoms with Crippen LogP contribution in [0.1, 0.15) is 39.5 Å². The summed E-state index contributed by atoms with van der Waals surface area (Å²) in [6.07, 6.45) is 5.78. The van der Waals surface area contributed by atoms with E-state index in [-0.39, 0.29) is 6.04 Å². The van der Waals surface area contributed by atoms with Gasteiger partial charge in [0.25, 0.3) is 0 Å². The summed E-state index contributed by atoms with van der Waals surface area (Å²) >= 11 is 0. The highest BCUT2D eigenvalue weighted by atomic mass is 15.4. The Morgan fingerprint density at radius 1 is 1.41 bits per heavy atom. The molecule has 3 N–H and O–H groups in total. The van der Waals surface area contributed by atoms with Crippen molar-refractivity contribution in [2.45, 2.75) is 45.6 Å². The lowest BCUT2D eigenvalue weighted by Gasteiger charge is -2.29. The molecule has 3 unspecified atom stereocenters. The second kappa shape index (κ2) is 5.25. The van der Waals surface area contributed by atoms with Gasteiger partial charge >= 0.3 is 0 Å². The van der Waals surface area contributed by atoms with Crippen LogP contribution in [0.3, 0.4) is 0 Å². The summed E-state index contributed by atoms with van der Waals surface area (Å²) in [5.41, 5.74) is 2.73. The third-order valence-corrected chi connectivity index (χ3v) is 4.26. The summed E-state index contributed by atoms with van der Waals surface area (Å²) in [5, 5.41) is 0. The van der Waals surface area contributed by atoms with Crippen LogP contribution in [0, 0.1) is 17.8 Å². The SMILES string of the molecule is CC(C)N=C(NN)N(C)CC1CC2CCC1C2. The molecule has 98 valence electrons. The van der Waals surface area contributed by atoms with Gasteiger partial charge in [0.1, 0.15) is 0 Å². The average Bonchev–Trinajstić information content (AvgIpc) is 2.87. The van der Waals surface area contributed by atoms with Crippen LogP contribution in [0.15, 0.2) is 4.99 Å². The number of guanidine groups is 1. The molecule has 2 rings (SSSR count). The molecule has 2 aliphatic rings. The van der Waals surface area contributed by atoms with Crippen LogP contribution < -0.4 is 11.3 Å². The van der Waals surface area contributed by atoms with E-state index in [4.69, 9.17) is 5.84 Å². The Bertz CT molecular complexity index is 287. The quantitative estimate of drug-likeness (QED) is 0.340. The number of hydrogen-bond acceptors (Lipinski definition) is 2. The number of rotatable bonds is 3. The van der Waals surface area contributed by atoms with Crippen molar-refractivity contribution in [3.63, 3.8) is 0 Å². The Morgan fingerprint density at radius 3 is 2.65 bits per heavy atom. The molecule has 0 amide bonds. The van der Waals surface area contributed by atoms with Crippen LogP contribution in [0.2, 0.25) is 0 Å². The summed E-state index contributed by atoms with van der Waals surface area (Å²) in [7, 11) is 2.09. The number of hydrogen-bond donors (Lipinski definition) is 2. The highest BCUT2D eigenvalue weighted by molar-refractivity contribution is 5.79. The van der Waals surface area contributed by atoms with Crippen LogP contribution in [0.4, 0.5) is 0 Å². The molecule has 2 fully saturated rings. The molecule has 0 spiro atoms. The van der Waals surface area contributed by atoms with Crippen LogP contribution in [0.25, 0.3) is 0 Å². The van der Waals surface area contributed by atoms with E-state index in [1.165, 1.54) is 25.7 Å².